The summed E-state index contributed by atoms with van der Waals surface area (Å²) in [4.78, 5) is 24.4. The second-order valence-electron chi connectivity index (χ2n) is 7.65. The van der Waals surface area contributed by atoms with Gasteiger partial charge in [0, 0.05) is 23.2 Å². The third kappa shape index (κ3) is 5.41. The molecule has 5 heteroatoms. The van der Waals surface area contributed by atoms with Crippen LogP contribution >= 0.6 is 0 Å². The van der Waals surface area contributed by atoms with Gasteiger partial charge in [-0.2, -0.15) is 5.26 Å². The largest absolute Gasteiger partial charge is 0.478 e. The number of nitrogens with one attached hydrogen (secondary N) is 1. The molecule has 5 nitrogen and oxygen atoms in total. The van der Waals surface area contributed by atoms with Gasteiger partial charge in [0.15, 0.2) is 0 Å². The van der Waals surface area contributed by atoms with Gasteiger partial charge in [-0.1, -0.05) is 50.0 Å². The first-order chi connectivity index (χ1) is 15.4. The molecule has 0 bridgehead atoms. The highest BCUT2D eigenvalue weighted by Crippen LogP contribution is 2.28. The summed E-state index contributed by atoms with van der Waals surface area (Å²) in [5, 5.41) is 21.5. The average molecular weight is 422 g/mol. The van der Waals surface area contributed by atoms with Crippen molar-refractivity contribution >= 4 is 11.9 Å². The molecule has 158 valence electrons. The number of aromatic carboxylic acids is 1. The number of hydrogen-bond donors (Lipinski definition) is 2. The van der Waals surface area contributed by atoms with Crippen molar-refractivity contribution < 1.29 is 14.7 Å². The van der Waals surface area contributed by atoms with Crippen LogP contribution in [0.25, 0.3) is 11.1 Å². The lowest BCUT2D eigenvalue weighted by atomic mass is 9.93. The van der Waals surface area contributed by atoms with E-state index in [1.807, 2.05) is 38.1 Å². The van der Waals surface area contributed by atoms with Crippen LogP contribution in [-0.2, 0) is 0 Å². The van der Waals surface area contributed by atoms with Gasteiger partial charge in [-0.05, 0) is 59.5 Å². The van der Waals surface area contributed by atoms with Gasteiger partial charge in [-0.25, -0.2) is 4.79 Å². The van der Waals surface area contributed by atoms with Crippen molar-refractivity contribution in [1.82, 2.24) is 5.32 Å². The molecule has 0 heterocycles. The molecule has 0 saturated heterocycles. The van der Waals surface area contributed by atoms with E-state index in [1.165, 1.54) is 6.07 Å². The van der Waals surface area contributed by atoms with Gasteiger partial charge in [-0.3, -0.25) is 4.79 Å². The number of benzene rings is 3. The second kappa shape index (κ2) is 10.1. The molecule has 0 aliphatic heterocycles. The highest BCUT2D eigenvalue weighted by atomic mass is 16.4. The van der Waals surface area contributed by atoms with E-state index in [9.17, 15) is 14.7 Å². The molecule has 2 N–H and O–H groups in total. The van der Waals surface area contributed by atoms with Crippen LogP contribution in [0.1, 0.15) is 51.3 Å². The van der Waals surface area contributed by atoms with E-state index in [0.29, 0.717) is 40.3 Å². The number of carbonyl (C=O) groups is 2. The third-order valence-electron chi connectivity index (χ3n) is 4.76. The van der Waals surface area contributed by atoms with Gasteiger partial charge in [0.25, 0.3) is 5.91 Å². The standard InChI is InChI=1S/C27H22N2O3/c1-18(2)17-29-26(30)22-13-14-24(25(15-22)27(31)32)23-6-4-3-5-21(23)12-11-19-7-9-20(16-28)10-8-19/h3-10,13-15,18H,17H2,1-2H3,(H,29,30)(H,31,32). The Morgan fingerprint density at radius 3 is 2.28 bits per heavy atom. The highest BCUT2D eigenvalue weighted by Gasteiger charge is 2.17. The summed E-state index contributed by atoms with van der Waals surface area (Å²) in [6.45, 7) is 4.49. The fraction of sp³-hybridized carbons (Fsp3) is 0.148. The van der Waals surface area contributed by atoms with E-state index >= 15 is 0 Å². The molecule has 0 aromatic heterocycles. The second-order valence-corrected chi connectivity index (χ2v) is 7.65. The highest BCUT2D eigenvalue weighted by molar-refractivity contribution is 6.02. The maximum atomic E-state index is 12.4. The maximum Gasteiger partial charge on any atom is 0.336 e. The van der Waals surface area contributed by atoms with Crippen LogP contribution in [0.2, 0.25) is 0 Å². The van der Waals surface area contributed by atoms with E-state index in [4.69, 9.17) is 5.26 Å². The molecule has 1 amide bonds. The Labute approximate surface area is 187 Å². The quantitative estimate of drug-likeness (QED) is 0.583. The molecule has 0 atom stereocenters. The van der Waals surface area contributed by atoms with E-state index < -0.39 is 5.97 Å². The topological polar surface area (TPSA) is 90.2 Å². The van der Waals surface area contributed by atoms with Crippen LogP contribution in [0.5, 0.6) is 0 Å². The lowest BCUT2D eigenvalue weighted by Crippen LogP contribution is -2.27. The summed E-state index contributed by atoms with van der Waals surface area (Å²) in [7, 11) is 0. The normalized spacial score (nSPS) is 10.1. The van der Waals surface area contributed by atoms with Crippen molar-refractivity contribution in [3.8, 4) is 29.0 Å². The molecule has 32 heavy (non-hydrogen) atoms. The van der Waals surface area contributed by atoms with Gasteiger partial charge in [0.05, 0.1) is 17.2 Å². The van der Waals surface area contributed by atoms with Crippen LogP contribution in [0.4, 0.5) is 0 Å². The number of carbonyl (C=O) groups excluding carboxylic acids is 1. The summed E-state index contributed by atoms with van der Waals surface area (Å²) in [6.07, 6.45) is 0. The minimum Gasteiger partial charge on any atom is -0.478 e. The Balaban J connectivity index is 1.99. The van der Waals surface area contributed by atoms with Crippen molar-refractivity contribution in [2.75, 3.05) is 6.54 Å². The number of amides is 1. The summed E-state index contributed by atoms with van der Waals surface area (Å²) in [6, 6.07) is 20.9. The van der Waals surface area contributed by atoms with Gasteiger partial charge in [-0.15, -0.1) is 0 Å². The average Bonchev–Trinajstić information content (AvgIpc) is 2.81. The van der Waals surface area contributed by atoms with Crippen molar-refractivity contribution in [2.45, 2.75) is 13.8 Å². The van der Waals surface area contributed by atoms with Gasteiger partial charge < -0.3 is 10.4 Å². The van der Waals surface area contributed by atoms with Crippen LogP contribution in [0, 0.1) is 29.1 Å². The van der Waals surface area contributed by atoms with E-state index in [-0.39, 0.29) is 11.5 Å². The van der Waals surface area contributed by atoms with Crippen molar-refractivity contribution in [1.29, 1.82) is 5.26 Å². The van der Waals surface area contributed by atoms with Gasteiger partial charge in [0.2, 0.25) is 0 Å². The molecule has 0 radical (unpaired) electrons. The Kier molecular flexibility index (Phi) is 7.06. The van der Waals surface area contributed by atoms with Crippen LogP contribution < -0.4 is 5.32 Å². The minimum atomic E-state index is -1.12. The minimum absolute atomic E-state index is 0.0369. The number of hydrogen-bond acceptors (Lipinski definition) is 3. The molecule has 3 aromatic carbocycles. The third-order valence-corrected chi connectivity index (χ3v) is 4.76. The summed E-state index contributed by atoms with van der Waals surface area (Å²) >= 11 is 0. The Morgan fingerprint density at radius 2 is 1.62 bits per heavy atom. The van der Waals surface area contributed by atoms with Crippen LogP contribution in [0.3, 0.4) is 0 Å². The molecule has 0 unspecified atom stereocenters. The molecular weight excluding hydrogens is 400 g/mol. The summed E-state index contributed by atoms with van der Waals surface area (Å²) in [5.41, 5.74) is 3.45. The molecule has 3 aromatic rings. The molecule has 0 fully saturated rings. The molecule has 0 spiro atoms. The predicted molar refractivity (Wildman–Crippen MR) is 123 cm³/mol. The smallest absolute Gasteiger partial charge is 0.336 e. The molecule has 0 saturated carbocycles. The first kappa shape index (κ1) is 22.3. The lowest BCUT2D eigenvalue weighted by Gasteiger charge is -2.12. The fourth-order valence-corrected chi connectivity index (χ4v) is 3.09. The monoisotopic (exact) mass is 422 g/mol. The zero-order chi connectivity index (χ0) is 23.1. The zero-order valence-electron chi connectivity index (χ0n) is 17.8. The number of nitriles is 1. The summed E-state index contributed by atoms with van der Waals surface area (Å²) < 4.78 is 0. The maximum absolute atomic E-state index is 12.4. The number of nitrogens with zero attached hydrogens (tertiary/aromatic N) is 1. The van der Waals surface area contributed by atoms with Crippen molar-refractivity contribution in [3.63, 3.8) is 0 Å². The predicted octanol–water partition coefficient (Wildman–Crippen LogP) is 4.71. The first-order valence-corrected chi connectivity index (χ1v) is 10.2. The fourth-order valence-electron chi connectivity index (χ4n) is 3.09. The summed E-state index contributed by atoms with van der Waals surface area (Å²) in [5.74, 6) is 5.02. The zero-order valence-corrected chi connectivity index (χ0v) is 17.8. The number of carboxylic acids is 1. The number of carboxylic acid groups (broad SMARTS) is 1. The van der Waals surface area contributed by atoms with Crippen LogP contribution in [0.15, 0.2) is 66.7 Å². The molecule has 0 aliphatic carbocycles. The Morgan fingerprint density at radius 1 is 0.938 bits per heavy atom. The van der Waals surface area contributed by atoms with Crippen molar-refractivity contribution in [3.05, 3.63) is 94.5 Å². The number of rotatable bonds is 5. The van der Waals surface area contributed by atoms with E-state index in [2.05, 4.69) is 23.2 Å². The Bertz CT molecular complexity index is 1260. The van der Waals surface area contributed by atoms with Crippen LogP contribution in [-0.4, -0.2) is 23.5 Å². The molecular formula is C27H22N2O3. The first-order valence-electron chi connectivity index (χ1n) is 10.2. The van der Waals surface area contributed by atoms with Crippen molar-refractivity contribution in [2.24, 2.45) is 5.92 Å². The molecule has 0 aliphatic rings. The van der Waals surface area contributed by atoms with Gasteiger partial charge >= 0.3 is 5.97 Å². The SMILES string of the molecule is CC(C)CNC(=O)c1ccc(-c2ccccc2C#Cc2ccc(C#N)cc2)c(C(=O)O)c1. The van der Waals surface area contributed by atoms with Gasteiger partial charge in [0.1, 0.15) is 0 Å². The van der Waals surface area contributed by atoms with E-state index in [1.54, 1.807) is 36.4 Å². The lowest BCUT2D eigenvalue weighted by molar-refractivity contribution is 0.0697. The Hall–Kier alpha value is -4.35. The van der Waals surface area contributed by atoms with E-state index in [0.717, 1.165) is 5.56 Å². The molecule has 3 rings (SSSR count).